The van der Waals surface area contributed by atoms with Crippen molar-refractivity contribution in [2.45, 2.75) is 72.0 Å². The van der Waals surface area contributed by atoms with Crippen molar-refractivity contribution >= 4 is 11.7 Å². The number of hydrogen-bond donors (Lipinski definition) is 1. The van der Waals surface area contributed by atoms with E-state index in [9.17, 15) is 9.59 Å². The Hall–Kier alpha value is -0.900. The van der Waals surface area contributed by atoms with Crippen molar-refractivity contribution in [1.29, 1.82) is 0 Å². The minimum atomic E-state index is -0.304. The third-order valence-electron chi connectivity index (χ3n) is 3.71. The van der Waals surface area contributed by atoms with E-state index >= 15 is 0 Å². The first kappa shape index (κ1) is 16.2. The van der Waals surface area contributed by atoms with E-state index in [2.05, 4.69) is 5.32 Å². The van der Waals surface area contributed by atoms with Gasteiger partial charge in [-0.15, -0.1) is 0 Å². The highest BCUT2D eigenvalue weighted by atomic mass is 16.2. The van der Waals surface area contributed by atoms with Crippen LogP contribution in [0, 0.1) is 5.92 Å². The second-order valence-corrected chi connectivity index (χ2v) is 6.13. The Morgan fingerprint density at radius 1 is 1.21 bits per heavy atom. The quantitative estimate of drug-likeness (QED) is 0.829. The zero-order chi connectivity index (χ0) is 14.6. The van der Waals surface area contributed by atoms with Crippen LogP contribution in [0.5, 0.6) is 0 Å². The molecular formula is C15H28N2O2. The molecule has 1 N–H and O–H groups in total. The fourth-order valence-corrected chi connectivity index (χ4v) is 2.64. The summed E-state index contributed by atoms with van der Waals surface area (Å²) in [6, 6.07) is -0.156. The molecule has 2 atom stereocenters. The van der Waals surface area contributed by atoms with Crippen LogP contribution >= 0.6 is 0 Å². The molecule has 1 fully saturated rings. The number of amides is 1. The van der Waals surface area contributed by atoms with Gasteiger partial charge in [-0.2, -0.15) is 0 Å². The largest absolute Gasteiger partial charge is 0.332 e. The number of rotatable bonds is 5. The number of likely N-dealkylation sites (tertiary alicyclic amines) is 1. The van der Waals surface area contributed by atoms with Gasteiger partial charge >= 0.3 is 0 Å². The molecule has 0 aromatic carbocycles. The minimum absolute atomic E-state index is 0.0254. The van der Waals surface area contributed by atoms with Gasteiger partial charge in [-0.3, -0.25) is 9.59 Å². The maximum atomic E-state index is 12.6. The molecule has 0 aromatic rings. The van der Waals surface area contributed by atoms with Gasteiger partial charge in [0.1, 0.15) is 0 Å². The molecule has 1 saturated heterocycles. The molecule has 0 saturated carbocycles. The lowest BCUT2D eigenvalue weighted by molar-refractivity contribution is -0.141. The van der Waals surface area contributed by atoms with Crippen LogP contribution in [0.3, 0.4) is 0 Å². The molecule has 1 rings (SSSR count). The van der Waals surface area contributed by atoms with Crippen molar-refractivity contribution in [2.24, 2.45) is 5.92 Å². The highest BCUT2D eigenvalue weighted by molar-refractivity contribution is 5.91. The van der Waals surface area contributed by atoms with E-state index in [1.54, 1.807) is 4.90 Å². The molecular weight excluding hydrogens is 240 g/mol. The Morgan fingerprint density at radius 2 is 1.84 bits per heavy atom. The van der Waals surface area contributed by atoms with Gasteiger partial charge in [-0.05, 0) is 26.2 Å². The Kier molecular flexibility index (Phi) is 5.98. The molecule has 1 aliphatic heterocycles. The summed E-state index contributed by atoms with van der Waals surface area (Å²) in [6.45, 7) is 10.4. The topological polar surface area (TPSA) is 49.4 Å². The van der Waals surface area contributed by atoms with E-state index < -0.39 is 0 Å². The molecule has 2 unspecified atom stereocenters. The van der Waals surface area contributed by atoms with E-state index in [1.807, 2.05) is 34.6 Å². The molecule has 4 heteroatoms. The molecule has 4 nitrogen and oxygen atoms in total. The van der Waals surface area contributed by atoms with E-state index in [-0.39, 0.29) is 35.7 Å². The van der Waals surface area contributed by atoms with Crippen LogP contribution in [0.25, 0.3) is 0 Å². The Bertz CT molecular complexity index is 326. The van der Waals surface area contributed by atoms with E-state index in [0.717, 1.165) is 19.3 Å². The molecule has 0 spiro atoms. The van der Waals surface area contributed by atoms with Gasteiger partial charge < -0.3 is 10.2 Å². The SMILES string of the molecule is CC(C)NC1CCCCN(C(C)C(=O)C(C)C)C1=O. The molecule has 110 valence electrons. The summed E-state index contributed by atoms with van der Waals surface area (Å²) < 4.78 is 0. The highest BCUT2D eigenvalue weighted by Crippen LogP contribution is 2.17. The van der Waals surface area contributed by atoms with Crippen molar-refractivity contribution in [1.82, 2.24) is 10.2 Å². The predicted octanol–water partition coefficient (Wildman–Crippen LogP) is 1.98. The van der Waals surface area contributed by atoms with Crippen molar-refractivity contribution in [3.8, 4) is 0 Å². The van der Waals surface area contributed by atoms with Crippen LogP contribution in [-0.4, -0.2) is 41.3 Å². The zero-order valence-corrected chi connectivity index (χ0v) is 12.9. The standard InChI is InChI=1S/C15H28N2O2/c1-10(2)14(18)12(5)17-9-7-6-8-13(15(17)19)16-11(3)4/h10-13,16H,6-9H2,1-5H3. The van der Waals surface area contributed by atoms with E-state index in [0.29, 0.717) is 6.54 Å². The van der Waals surface area contributed by atoms with Gasteiger partial charge in [0.05, 0.1) is 12.1 Å². The molecule has 1 heterocycles. The molecule has 1 aliphatic rings. The zero-order valence-electron chi connectivity index (χ0n) is 12.9. The second kappa shape index (κ2) is 7.04. The fourth-order valence-electron chi connectivity index (χ4n) is 2.64. The smallest absolute Gasteiger partial charge is 0.240 e. The lowest BCUT2D eigenvalue weighted by Gasteiger charge is -2.31. The minimum Gasteiger partial charge on any atom is -0.332 e. The molecule has 0 bridgehead atoms. The number of hydrogen-bond acceptors (Lipinski definition) is 3. The second-order valence-electron chi connectivity index (χ2n) is 6.13. The summed E-state index contributed by atoms with van der Waals surface area (Å²) in [5.41, 5.74) is 0. The molecule has 19 heavy (non-hydrogen) atoms. The van der Waals surface area contributed by atoms with Crippen molar-refractivity contribution in [2.75, 3.05) is 6.54 Å². The molecule has 0 aliphatic carbocycles. The fraction of sp³-hybridized carbons (Fsp3) is 0.867. The number of carbonyl (C=O) groups is 2. The van der Waals surface area contributed by atoms with Crippen LogP contribution < -0.4 is 5.32 Å². The summed E-state index contributed by atoms with van der Waals surface area (Å²) in [7, 11) is 0. The van der Waals surface area contributed by atoms with Gasteiger partial charge in [-0.25, -0.2) is 0 Å². The Labute approximate surface area is 116 Å². The van der Waals surface area contributed by atoms with Crippen LogP contribution in [0.15, 0.2) is 0 Å². The number of nitrogens with one attached hydrogen (secondary N) is 1. The maximum absolute atomic E-state index is 12.6. The first-order chi connectivity index (χ1) is 8.84. The average molecular weight is 268 g/mol. The molecule has 0 radical (unpaired) electrons. The lowest BCUT2D eigenvalue weighted by atomic mass is 10.0. The lowest BCUT2D eigenvalue weighted by Crippen LogP contribution is -2.52. The molecule has 0 aromatic heterocycles. The van der Waals surface area contributed by atoms with Gasteiger partial charge in [0.2, 0.25) is 5.91 Å². The van der Waals surface area contributed by atoms with Gasteiger partial charge in [-0.1, -0.05) is 27.7 Å². The van der Waals surface area contributed by atoms with Crippen LogP contribution in [0.2, 0.25) is 0 Å². The third-order valence-corrected chi connectivity index (χ3v) is 3.71. The number of Topliss-reactive ketones (excluding diaryl/α,β-unsaturated/α-hetero) is 1. The van der Waals surface area contributed by atoms with Gasteiger partial charge in [0.15, 0.2) is 5.78 Å². The van der Waals surface area contributed by atoms with Crippen molar-refractivity contribution in [3.63, 3.8) is 0 Å². The maximum Gasteiger partial charge on any atom is 0.240 e. The number of carbonyl (C=O) groups excluding carboxylic acids is 2. The Morgan fingerprint density at radius 3 is 2.37 bits per heavy atom. The van der Waals surface area contributed by atoms with Crippen LogP contribution in [0.4, 0.5) is 0 Å². The number of ketones is 1. The summed E-state index contributed by atoms with van der Waals surface area (Å²) >= 11 is 0. The monoisotopic (exact) mass is 268 g/mol. The highest BCUT2D eigenvalue weighted by Gasteiger charge is 2.33. The summed E-state index contributed by atoms with van der Waals surface area (Å²) in [4.78, 5) is 26.4. The summed E-state index contributed by atoms with van der Waals surface area (Å²) in [5.74, 6) is 0.216. The van der Waals surface area contributed by atoms with E-state index in [4.69, 9.17) is 0 Å². The predicted molar refractivity (Wildman–Crippen MR) is 76.9 cm³/mol. The summed E-state index contributed by atoms with van der Waals surface area (Å²) in [6.07, 6.45) is 2.89. The molecule has 1 amide bonds. The van der Waals surface area contributed by atoms with Gasteiger partial charge in [0, 0.05) is 18.5 Å². The first-order valence-electron chi connectivity index (χ1n) is 7.44. The van der Waals surface area contributed by atoms with Gasteiger partial charge in [0.25, 0.3) is 0 Å². The first-order valence-corrected chi connectivity index (χ1v) is 7.44. The van der Waals surface area contributed by atoms with Crippen molar-refractivity contribution in [3.05, 3.63) is 0 Å². The van der Waals surface area contributed by atoms with Crippen LogP contribution in [0.1, 0.15) is 53.9 Å². The van der Waals surface area contributed by atoms with Crippen molar-refractivity contribution < 1.29 is 9.59 Å². The average Bonchev–Trinajstić information content (AvgIpc) is 2.50. The number of nitrogens with zero attached hydrogens (tertiary/aromatic N) is 1. The third kappa shape index (κ3) is 4.30. The summed E-state index contributed by atoms with van der Waals surface area (Å²) in [5, 5.41) is 3.32. The normalized spacial score (nSPS) is 22.8. The van der Waals surface area contributed by atoms with E-state index in [1.165, 1.54) is 0 Å². The van der Waals surface area contributed by atoms with Crippen LogP contribution in [-0.2, 0) is 9.59 Å². The Balaban J connectivity index is 2.80.